The molecule has 3 aromatic carbocycles. The fourth-order valence-electron chi connectivity index (χ4n) is 3.78. The maximum atomic E-state index is 12.8. The van der Waals surface area contributed by atoms with Gasteiger partial charge in [-0.3, -0.25) is 9.78 Å². The predicted molar refractivity (Wildman–Crippen MR) is 131 cm³/mol. The number of rotatable bonds is 10. The molecule has 0 aliphatic rings. The summed E-state index contributed by atoms with van der Waals surface area (Å²) in [4.78, 5) is 17.1. The Morgan fingerprint density at radius 3 is 2.27 bits per heavy atom. The molecule has 0 aliphatic heterocycles. The van der Waals surface area contributed by atoms with Crippen LogP contribution in [0.25, 0.3) is 0 Å². The Morgan fingerprint density at radius 2 is 1.45 bits per heavy atom. The summed E-state index contributed by atoms with van der Waals surface area (Å²) in [6, 6.07) is 31.9. The van der Waals surface area contributed by atoms with Crippen LogP contribution in [-0.2, 0) is 26.0 Å². The summed E-state index contributed by atoms with van der Waals surface area (Å²) in [5.74, 6) is 0.852. The molecule has 166 valence electrons. The number of benzene rings is 3. The molecular formula is C29H28N2O2. The van der Waals surface area contributed by atoms with Crippen molar-refractivity contribution in [2.45, 2.75) is 32.4 Å². The van der Waals surface area contributed by atoms with Crippen molar-refractivity contribution in [3.05, 3.63) is 131 Å². The zero-order valence-corrected chi connectivity index (χ0v) is 18.6. The van der Waals surface area contributed by atoms with Gasteiger partial charge in [-0.1, -0.05) is 72.8 Å². The summed E-state index contributed by atoms with van der Waals surface area (Å²) < 4.78 is 6.09. The highest BCUT2D eigenvalue weighted by Gasteiger charge is 2.11. The van der Waals surface area contributed by atoms with Crippen LogP contribution in [0.1, 0.15) is 39.2 Å². The molecule has 4 nitrogen and oxygen atoms in total. The van der Waals surface area contributed by atoms with Crippen LogP contribution in [0, 0.1) is 0 Å². The number of hydrogen-bond donors (Lipinski definition) is 1. The number of ether oxygens (including phenoxy) is 1. The number of aryl methyl sites for hydroxylation is 2. The van der Waals surface area contributed by atoms with E-state index in [1.807, 2.05) is 78.9 Å². The van der Waals surface area contributed by atoms with Crippen LogP contribution in [0.5, 0.6) is 5.75 Å². The quantitative estimate of drug-likeness (QED) is 0.344. The van der Waals surface area contributed by atoms with Crippen LogP contribution in [0.2, 0.25) is 0 Å². The summed E-state index contributed by atoms with van der Waals surface area (Å²) in [5.41, 5.74) is 4.96. The summed E-state index contributed by atoms with van der Waals surface area (Å²) >= 11 is 0. The molecular weight excluding hydrogens is 408 g/mol. The van der Waals surface area contributed by atoms with Crippen molar-refractivity contribution in [1.29, 1.82) is 0 Å². The first-order valence-corrected chi connectivity index (χ1v) is 11.3. The third-order valence-corrected chi connectivity index (χ3v) is 5.52. The number of hydrogen-bond acceptors (Lipinski definition) is 3. The molecule has 0 aliphatic carbocycles. The zero-order valence-electron chi connectivity index (χ0n) is 18.6. The van der Waals surface area contributed by atoms with Crippen molar-refractivity contribution in [3.8, 4) is 5.75 Å². The van der Waals surface area contributed by atoms with Gasteiger partial charge in [0.1, 0.15) is 12.4 Å². The van der Waals surface area contributed by atoms with Gasteiger partial charge in [0.05, 0.1) is 12.2 Å². The minimum atomic E-state index is -0.0668. The molecule has 0 fully saturated rings. The van der Waals surface area contributed by atoms with Gasteiger partial charge < -0.3 is 10.1 Å². The third-order valence-electron chi connectivity index (χ3n) is 5.52. The van der Waals surface area contributed by atoms with Crippen molar-refractivity contribution in [2.75, 3.05) is 0 Å². The lowest BCUT2D eigenvalue weighted by Gasteiger charge is -2.13. The van der Waals surface area contributed by atoms with Crippen LogP contribution in [0.4, 0.5) is 0 Å². The Kier molecular flexibility index (Phi) is 7.85. The molecule has 4 rings (SSSR count). The Hall–Kier alpha value is -3.92. The van der Waals surface area contributed by atoms with Gasteiger partial charge in [0, 0.05) is 11.8 Å². The Labute approximate surface area is 195 Å². The summed E-state index contributed by atoms with van der Waals surface area (Å²) in [5, 5.41) is 2.98. The van der Waals surface area contributed by atoms with Crippen molar-refractivity contribution < 1.29 is 9.53 Å². The third kappa shape index (κ3) is 6.53. The lowest BCUT2D eigenvalue weighted by Crippen LogP contribution is -2.24. The van der Waals surface area contributed by atoms with E-state index in [0.717, 1.165) is 47.4 Å². The summed E-state index contributed by atoms with van der Waals surface area (Å²) in [6.45, 7) is 0.970. The molecule has 1 N–H and O–H groups in total. The van der Waals surface area contributed by atoms with Gasteiger partial charge in [0.15, 0.2) is 0 Å². The molecule has 0 bridgehead atoms. The van der Waals surface area contributed by atoms with Gasteiger partial charge in [-0.15, -0.1) is 0 Å². The first kappa shape index (κ1) is 22.3. The topological polar surface area (TPSA) is 51.2 Å². The van der Waals surface area contributed by atoms with Crippen molar-refractivity contribution in [2.24, 2.45) is 0 Å². The fraction of sp³-hybridized carbons (Fsp3) is 0.172. The maximum Gasteiger partial charge on any atom is 0.251 e. The van der Waals surface area contributed by atoms with Crippen molar-refractivity contribution >= 4 is 5.91 Å². The Balaban J connectivity index is 1.34. The number of amides is 1. The van der Waals surface area contributed by atoms with E-state index in [1.54, 1.807) is 6.20 Å². The molecule has 4 aromatic rings. The van der Waals surface area contributed by atoms with Gasteiger partial charge in [-0.2, -0.15) is 0 Å². The summed E-state index contributed by atoms with van der Waals surface area (Å²) in [7, 11) is 0. The highest BCUT2D eigenvalue weighted by Crippen LogP contribution is 2.22. The Bertz CT molecular complexity index is 1160. The summed E-state index contributed by atoms with van der Waals surface area (Å²) in [6.07, 6.45) is 4.36. The van der Waals surface area contributed by atoms with E-state index in [0.29, 0.717) is 13.2 Å². The average Bonchev–Trinajstić information content (AvgIpc) is 2.88. The van der Waals surface area contributed by atoms with Gasteiger partial charge in [0.2, 0.25) is 0 Å². The number of nitrogens with one attached hydrogen (secondary N) is 1. The van der Waals surface area contributed by atoms with Gasteiger partial charge >= 0.3 is 0 Å². The normalized spacial score (nSPS) is 10.5. The fourth-order valence-corrected chi connectivity index (χ4v) is 3.78. The number of carbonyl (C=O) groups is 1. The second kappa shape index (κ2) is 11.6. The van der Waals surface area contributed by atoms with Crippen LogP contribution >= 0.6 is 0 Å². The second-order valence-electron chi connectivity index (χ2n) is 7.90. The van der Waals surface area contributed by atoms with E-state index in [2.05, 4.69) is 28.5 Å². The molecule has 0 spiro atoms. The van der Waals surface area contributed by atoms with Gasteiger partial charge in [0.25, 0.3) is 5.91 Å². The van der Waals surface area contributed by atoms with E-state index >= 15 is 0 Å². The predicted octanol–water partition coefficient (Wildman–Crippen LogP) is 5.77. The lowest BCUT2D eigenvalue weighted by atomic mass is 9.99. The second-order valence-corrected chi connectivity index (χ2v) is 7.90. The molecule has 4 heteroatoms. The van der Waals surface area contributed by atoms with Crippen molar-refractivity contribution in [3.63, 3.8) is 0 Å². The van der Waals surface area contributed by atoms with Crippen LogP contribution in [-0.4, -0.2) is 10.9 Å². The number of para-hydroxylation sites is 1. The molecule has 0 saturated carbocycles. The molecule has 0 saturated heterocycles. The van der Waals surface area contributed by atoms with Crippen LogP contribution in [0.15, 0.2) is 103 Å². The Morgan fingerprint density at radius 1 is 0.758 bits per heavy atom. The number of nitrogens with zero attached hydrogens (tertiary/aromatic N) is 1. The van der Waals surface area contributed by atoms with Crippen molar-refractivity contribution in [1.82, 2.24) is 10.3 Å². The zero-order chi connectivity index (χ0) is 22.7. The SMILES string of the molecule is O=C(NCc1ccccn1)c1ccccc1CCCc1ccccc1OCc1ccccc1. The first-order valence-electron chi connectivity index (χ1n) is 11.3. The largest absolute Gasteiger partial charge is 0.489 e. The maximum absolute atomic E-state index is 12.8. The average molecular weight is 437 g/mol. The smallest absolute Gasteiger partial charge is 0.251 e. The highest BCUT2D eigenvalue weighted by atomic mass is 16.5. The van der Waals surface area contributed by atoms with Crippen LogP contribution < -0.4 is 10.1 Å². The monoisotopic (exact) mass is 436 g/mol. The highest BCUT2D eigenvalue weighted by molar-refractivity contribution is 5.95. The first-order chi connectivity index (χ1) is 16.3. The minimum Gasteiger partial charge on any atom is -0.489 e. The lowest BCUT2D eigenvalue weighted by molar-refractivity contribution is 0.0949. The van der Waals surface area contributed by atoms with E-state index in [-0.39, 0.29) is 5.91 Å². The molecule has 1 amide bonds. The number of aromatic nitrogens is 1. The standard InChI is InChI=1S/C29H28N2O2/c32-29(31-21-26-17-8-9-20-30-26)27-18-6-4-13-24(27)15-10-16-25-14-5-7-19-28(25)33-22-23-11-2-1-3-12-23/h1-9,11-14,17-20H,10,15-16,21-22H2,(H,31,32). The molecule has 0 unspecified atom stereocenters. The molecule has 33 heavy (non-hydrogen) atoms. The van der Waals surface area contributed by atoms with E-state index in [4.69, 9.17) is 4.74 Å². The molecule has 1 heterocycles. The number of carbonyl (C=O) groups excluding carboxylic acids is 1. The minimum absolute atomic E-state index is 0.0668. The molecule has 0 radical (unpaired) electrons. The van der Waals surface area contributed by atoms with E-state index in [9.17, 15) is 4.79 Å². The van der Waals surface area contributed by atoms with E-state index < -0.39 is 0 Å². The van der Waals surface area contributed by atoms with Crippen LogP contribution in [0.3, 0.4) is 0 Å². The molecule has 0 atom stereocenters. The molecule has 1 aromatic heterocycles. The number of pyridine rings is 1. The van der Waals surface area contributed by atoms with Gasteiger partial charge in [-0.25, -0.2) is 0 Å². The van der Waals surface area contributed by atoms with E-state index in [1.165, 1.54) is 5.56 Å². The van der Waals surface area contributed by atoms with Gasteiger partial charge in [-0.05, 0) is 60.2 Å².